The van der Waals surface area contributed by atoms with Gasteiger partial charge in [0.25, 0.3) is 0 Å². The zero-order valence-electron chi connectivity index (χ0n) is 7.73. The third kappa shape index (κ3) is 2.50. The van der Waals surface area contributed by atoms with Gasteiger partial charge in [0.15, 0.2) is 0 Å². The fourth-order valence-corrected chi connectivity index (χ4v) is 1.34. The Morgan fingerprint density at radius 2 is 1.92 bits per heavy atom. The lowest BCUT2D eigenvalue weighted by Crippen LogP contribution is -1.94. The Kier molecular flexibility index (Phi) is 3.39. The lowest BCUT2D eigenvalue weighted by atomic mass is 10.1. The number of ether oxygens (including phenoxy) is 1. The monoisotopic (exact) mass is 238 g/mol. The number of benzene rings is 1. The van der Waals surface area contributed by atoms with E-state index < -0.39 is 0 Å². The first kappa shape index (κ1) is 10.1. The van der Waals surface area contributed by atoms with E-state index in [1.807, 2.05) is 26.0 Å². The zero-order chi connectivity index (χ0) is 9.84. The Balaban J connectivity index is 2.94. The number of rotatable bonds is 2. The van der Waals surface area contributed by atoms with Crippen LogP contribution in [-0.4, -0.2) is 6.61 Å². The lowest BCUT2D eigenvalue weighted by molar-refractivity contribution is 0.370. The van der Waals surface area contributed by atoms with Gasteiger partial charge in [-0.3, -0.25) is 0 Å². The van der Waals surface area contributed by atoms with Gasteiger partial charge < -0.3 is 4.74 Å². The fourth-order valence-electron chi connectivity index (χ4n) is 1.11. The van der Waals surface area contributed by atoms with Gasteiger partial charge in [0, 0.05) is 4.47 Å². The molecule has 2 heteroatoms. The van der Waals surface area contributed by atoms with E-state index in [0.717, 1.165) is 21.3 Å². The summed E-state index contributed by atoms with van der Waals surface area (Å²) < 4.78 is 6.44. The SMILES string of the molecule is C#CCOc1cc(C)c(Br)c(C)c1. The van der Waals surface area contributed by atoms with Crippen LogP contribution in [0.15, 0.2) is 16.6 Å². The topological polar surface area (TPSA) is 9.23 Å². The van der Waals surface area contributed by atoms with Crippen LogP contribution in [-0.2, 0) is 0 Å². The second-order valence-corrected chi connectivity index (χ2v) is 3.66. The fraction of sp³-hybridized carbons (Fsp3) is 0.273. The third-order valence-electron chi connectivity index (χ3n) is 1.73. The molecule has 0 bridgehead atoms. The van der Waals surface area contributed by atoms with Gasteiger partial charge in [-0.2, -0.15) is 0 Å². The molecule has 0 aliphatic heterocycles. The Hall–Kier alpha value is -0.940. The van der Waals surface area contributed by atoms with Crippen molar-refractivity contribution in [1.29, 1.82) is 0 Å². The summed E-state index contributed by atoms with van der Waals surface area (Å²) in [5.74, 6) is 3.27. The van der Waals surface area contributed by atoms with Crippen molar-refractivity contribution in [3.63, 3.8) is 0 Å². The van der Waals surface area contributed by atoms with E-state index in [4.69, 9.17) is 11.2 Å². The molecule has 0 N–H and O–H groups in total. The van der Waals surface area contributed by atoms with Gasteiger partial charge in [-0.25, -0.2) is 0 Å². The van der Waals surface area contributed by atoms with Gasteiger partial charge in [0.1, 0.15) is 12.4 Å². The summed E-state index contributed by atoms with van der Waals surface area (Å²) in [6.07, 6.45) is 5.10. The molecule has 0 saturated heterocycles. The summed E-state index contributed by atoms with van der Waals surface area (Å²) in [6, 6.07) is 3.93. The molecule has 1 aromatic rings. The Labute approximate surface area is 87.2 Å². The summed E-state index contributed by atoms with van der Waals surface area (Å²) in [5, 5.41) is 0. The Bertz CT molecular complexity index is 327. The first-order valence-electron chi connectivity index (χ1n) is 3.98. The molecular formula is C11H11BrO. The molecule has 1 nitrogen and oxygen atoms in total. The van der Waals surface area contributed by atoms with Crippen LogP contribution in [0.2, 0.25) is 0 Å². The Morgan fingerprint density at radius 1 is 1.38 bits per heavy atom. The quantitative estimate of drug-likeness (QED) is 0.720. The highest BCUT2D eigenvalue weighted by Crippen LogP contribution is 2.26. The summed E-state index contributed by atoms with van der Waals surface area (Å²) in [4.78, 5) is 0. The summed E-state index contributed by atoms with van der Waals surface area (Å²) in [5.41, 5.74) is 2.32. The normalized spacial score (nSPS) is 9.38. The number of hydrogen-bond acceptors (Lipinski definition) is 1. The van der Waals surface area contributed by atoms with Crippen molar-refractivity contribution >= 4 is 15.9 Å². The van der Waals surface area contributed by atoms with E-state index in [1.165, 1.54) is 0 Å². The average molecular weight is 239 g/mol. The van der Waals surface area contributed by atoms with Gasteiger partial charge in [-0.05, 0) is 37.1 Å². The van der Waals surface area contributed by atoms with Crippen LogP contribution in [0, 0.1) is 26.2 Å². The van der Waals surface area contributed by atoms with E-state index in [2.05, 4.69) is 21.9 Å². The maximum absolute atomic E-state index is 5.31. The maximum Gasteiger partial charge on any atom is 0.148 e. The highest BCUT2D eigenvalue weighted by atomic mass is 79.9. The first-order chi connectivity index (χ1) is 6.15. The molecule has 0 heterocycles. The molecule has 0 amide bonds. The van der Waals surface area contributed by atoms with Crippen LogP contribution in [0.5, 0.6) is 5.75 Å². The Morgan fingerprint density at radius 3 is 2.38 bits per heavy atom. The molecule has 0 radical (unpaired) electrons. The van der Waals surface area contributed by atoms with Crippen molar-refractivity contribution in [1.82, 2.24) is 0 Å². The smallest absolute Gasteiger partial charge is 0.148 e. The molecule has 13 heavy (non-hydrogen) atoms. The molecule has 0 aliphatic carbocycles. The van der Waals surface area contributed by atoms with Crippen molar-refractivity contribution in [3.8, 4) is 18.1 Å². The third-order valence-corrected chi connectivity index (χ3v) is 2.98. The van der Waals surface area contributed by atoms with E-state index in [0.29, 0.717) is 6.61 Å². The minimum atomic E-state index is 0.320. The second kappa shape index (κ2) is 4.34. The van der Waals surface area contributed by atoms with Crippen LogP contribution >= 0.6 is 15.9 Å². The van der Waals surface area contributed by atoms with E-state index in [9.17, 15) is 0 Å². The molecule has 0 unspecified atom stereocenters. The van der Waals surface area contributed by atoms with Crippen LogP contribution in [0.3, 0.4) is 0 Å². The highest BCUT2D eigenvalue weighted by molar-refractivity contribution is 9.10. The average Bonchev–Trinajstić information content (AvgIpc) is 2.10. The van der Waals surface area contributed by atoms with Crippen LogP contribution in [0.4, 0.5) is 0 Å². The lowest BCUT2D eigenvalue weighted by Gasteiger charge is -2.07. The number of terminal acetylenes is 1. The van der Waals surface area contributed by atoms with E-state index in [1.54, 1.807) is 0 Å². The molecule has 0 aromatic heterocycles. The predicted molar refractivity (Wildman–Crippen MR) is 57.9 cm³/mol. The van der Waals surface area contributed by atoms with Crippen LogP contribution < -0.4 is 4.74 Å². The van der Waals surface area contributed by atoms with Gasteiger partial charge in [-0.15, -0.1) is 6.42 Å². The molecule has 1 rings (SSSR count). The highest BCUT2D eigenvalue weighted by Gasteiger charge is 2.01. The predicted octanol–water partition coefficient (Wildman–Crippen LogP) is 3.08. The summed E-state index contributed by atoms with van der Waals surface area (Å²) >= 11 is 3.49. The van der Waals surface area contributed by atoms with Crippen molar-refractivity contribution in [2.24, 2.45) is 0 Å². The first-order valence-corrected chi connectivity index (χ1v) is 4.77. The molecule has 0 aliphatic rings. The molecule has 1 aromatic carbocycles. The number of aryl methyl sites for hydroxylation is 2. The largest absolute Gasteiger partial charge is 0.481 e. The van der Waals surface area contributed by atoms with Crippen molar-refractivity contribution in [2.45, 2.75) is 13.8 Å². The minimum absolute atomic E-state index is 0.320. The molecule has 0 atom stereocenters. The number of hydrogen-bond donors (Lipinski definition) is 0. The van der Waals surface area contributed by atoms with Gasteiger partial charge >= 0.3 is 0 Å². The van der Waals surface area contributed by atoms with Crippen molar-refractivity contribution in [2.75, 3.05) is 6.61 Å². The number of halogens is 1. The van der Waals surface area contributed by atoms with Crippen LogP contribution in [0.25, 0.3) is 0 Å². The maximum atomic E-state index is 5.31. The molecule has 0 fully saturated rings. The van der Waals surface area contributed by atoms with E-state index >= 15 is 0 Å². The summed E-state index contributed by atoms with van der Waals surface area (Å²) in [6.45, 7) is 4.38. The molecule has 68 valence electrons. The molecule has 0 saturated carbocycles. The van der Waals surface area contributed by atoms with E-state index in [-0.39, 0.29) is 0 Å². The van der Waals surface area contributed by atoms with Crippen LogP contribution in [0.1, 0.15) is 11.1 Å². The minimum Gasteiger partial charge on any atom is -0.481 e. The van der Waals surface area contributed by atoms with Crippen molar-refractivity contribution in [3.05, 3.63) is 27.7 Å². The van der Waals surface area contributed by atoms with Crippen molar-refractivity contribution < 1.29 is 4.74 Å². The standard InChI is InChI=1S/C11H11BrO/c1-4-5-13-10-6-8(2)11(12)9(3)7-10/h1,6-7H,5H2,2-3H3. The zero-order valence-corrected chi connectivity index (χ0v) is 9.31. The summed E-state index contributed by atoms with van der Waals surface area (Å²) in [7, 11) is 0. The second-order valence-electron chi connectivity index (χ2n) is 2.86. The van der Waals surface area contributed by atoms with Gasteiger partial charge in [-0.1, -0.05) is 21.9 Å². The van der Waals surface area contributed by atoms with Gasteiger partial charge in [0.05, 0.1) is 0 Å². The molecular weight excluding hydrogens is 228 g/mol. The molecule has 0 spiro atoms. The van der Waals surface area contributed by atoms with Gasteiger partial charge in [0.2, 0.25) is 0 Å².